The SMILES string of the molecule is CC(O)CN(CC(C)O)C(=O)C(C)N=N. The fourth-order valence-electron chi connectivity index (χ4n) is 1.21. The van der Waals surface area contributed by atoms with Crippen molar-refractivity contribution in [1.29, 1.82) is 5.53 Å². The second kappa shape index (κ2) is 6.47. The van der Waals surface area contributed by atoms with Gasteiger partial charge in [-0.1, -0.05) is 0 Å². The molecule has 88 valence electrons. The van der Waals surface area contributed by atoms with Crippen LogP contribution in [-0.4, -0.2) is 52.4 Å². The summed E-state index contributed by atoms with van der Waals surface area (Å²) in [6, 6.07) is -0.762. The molecule has 0 saturated heterocycles. The highest BCUT2D eigenvalue weighted by Gasteiger charge is 2.22. The molecule has 0 heterocycles. The number of aliphatic hydroxyl groups excluding tert-OH is 2. The maximum absolute atomic E-state index is 11.6. The van der Waals surface area contributed by atoms with Crippen molar-refractivity contribution in [1.82, 2.24) is 4.90 Å². The largest absolute Gasteiger partial charge is 0.392 e. The van der Waals surface area contributed by atoms with E-state index in [1.54, 1.807) is 13.8 Å². The molecule has 6 nitrogen and oxygen atoms in total. The maximum Gasteiger partial charge on any atom is 0.249 e. The first-order valence-electron chi connectivity index (χ1n) is 4.90. The van der Waals surface area contributed by atoms with E-state index in [2.05, 4.69) is 5.11 Å². The van der Waals surface area contributed by atoms with Crippen LogP contribution >= 0.6 is 0 Å². The topological polar surface area (TPSA) is 97.0 Å². The number of amides is 1. The zero-order valence-corrected chi connectivity index (χ0v) is 9.34. The predicted octanol–water partition coefficient (Wildman–Crippen LogP) is -0.00393. The highest BCUT2D eigenvalue weighted by Crippen LogP contribution is 2.02. The Balaban J connectivity index is 4.46. The van der Waals surface area contributed by atoms with Gasteiger partial charge in [-0.25, -0.2) is 5.53 Å². The minimum Gasteiger partial charge on any atom is -0.392 e. The molecule has 0 aromatic heterocycles. The van der Waals surface area contributed by atoms with Gasteiger partial charge in [0.05, 0.1) is 12.2 Å². The number of carbonyl (C=O) groups excluding carboxylic acids is 1. The lowest BCUT2D eigenvalue weighted by atomic mass is 10.2. The van der Waals surface area contributed by atoms with Gasteiger partial charge in [-0.15, -0.1) is 0 Å². The van der Waals surface area contributed by atoms with Gasteiger partial charge in [0.1, 0.15) is 6.04 Å². The fourth-order valence-corrected chi connectivity index (χ4v) is 1.21. The molecule has 0 aromatic carbocycles. The molecule has 0 aromatic rings. The average Bonchev–Trinajstić information content (AvgIpc) is 2.13. The molecular weight excluding hydrogens is 198 g/mol. The summed E-state index contributed by atoms with van der Waals surface area (Å²) in [6.45, 7) is 4.91. The Kier molecular flexibility index (Phi) is 6.03. The molecule has 3 N–H and O–H groups in total. The van der Waals surface area contributed by atoms with Gasteiger partial charge < -0.3 is 15.1 Å². The van der Waals surface area contributed by atoms with E-state index in [4.69, 9.17) is 5.53 Å². The Bertz CT molecular complexity index is 209. The summed E-state index contributed by atoms with van der Waals surface area (Å²) in [5.41, 5.74) is 6.75. The highest BCUT2D eigenvalue weighted by atomic mass is 16.3. The number of carbonyl (C=O) groups is 1. The normalized spacial score (nSPS) is 16.6. The van der Waals surface area contributed by atoms with E-state index in [1.165, 1.54) is 11.8 Å². The molecule has 6 heteroatoms. The van der Waals surface area contributed by atoms with Gasteiger partial charge in [-0.05, 0) is 20.8 Å². The van der Waals surface area contributed by atoms with E-state index in [1.807, 2.05) is 0 Å². The molecule has 0 bridgehead atoms. The van der Waals surface area contributed by atoms with Crippen LogP contribution in [0.15, 0.2) is 5.11 Å². The Hall–Kier alpha value is -1.01. The van der Waals surface area contributed by atoms with Crippen molar-refractivity contribution in [3.8, 4) is 0 Å². The quantitative estimate of drug-likeness (QED) is 0.546. The lowest BCUT2D eigenvalue weighted by Crippen LogP contribution is -2.44. The van der Waals surface area contributed by atoms with Gasteiger partial charge >= 0.3 is 0 Å². The molecule has 0 aliphatic carbocycles. The van der Waals surface area contributed by atoms with Gasteiger partial charge in [0.15, 0.2) is 0 Å². The van der Waals surface area contributed by atoms with E-state index in [0.29, 0.717) is 0 Å². The summed E-state index contributed by atoms with van der Waals surface area (Å²) in [7, 11) is 0. The highest BCUT2D eigenvalue weighted by molar-refractivity contribution is 5.81. The molecule has 0 fully saturated rings. The van der Waals surface area contributed by atoms with Crippen molar-refractivity contribution in [2.75, 3.05) is 13.1 Å². The van der Waals surface area contributed by atoms with Crippen molar-refractivity contribution in [2.45, 2.75) is 39.0 Å². The first kappa shape index (κ1) is 14.0. The fraction of sp³-hybridized carbons (Fsp3) is 0.889. The van der Waals surface area contributed by atoms with Crippen LogP contribution in [0.5, 0.6) is 0 Å². The average molecular weight is 217 g/mol. The first-order valence-corrected chi connectivity index (χ1v) is 4.90. The number of hydrogen-bond acceptors (Lipinski definition) is 5. The lowest BCUT2D eigenvalue weighted by molar-refractivity contribution is -0.135. The summed E-state index contributed by atoms with van der Waals surface area (Å²) < 4.78 is 0. The minimum absolute atomic E-state index is 0.142. The third-order valence-electron chi connectivity index (χ3n) is 1.83. The van der Waals surface area contributed by atoms with Crippen LogP contribution < -0.4 is 0 Å². The number of nitrogens with one attached hydrogen (secondary N) is 1. The summed E-state index contributed by atoms with van der Waals surface area (Å²) in [5, 5.41) is 21.5. The third-order valence-corrected chi connectivity index (χ3v) is 1.83. The lowest BCUT2D eigenvalue weighted by Gasteiger charge is -2.26. The van der Waals surface area contributed by atoms with Crippen LogP contribution in [0.1, 0.15) is 20.8 Å². The van der Waals surface area contributed by atoms with Gasteiger partial charge in [0, 0.05) is 13.1 Å². The Labute approximate surface area is 89.4 Å². The van der Waals surface area contributed by atoms with Crippen molar-refractivity contribution in [2.24, 2.45) is 5.11 Å². The van der Waals surface area contributed by atoms with Gasteiger partial charge in [-0.2, -0.15) is 5.11 Å². The molecule has 0 saturated carbocycles. The summed E-state index contributed by atoms with van der Waals surface area (Å²) in [5.74, 6) is -0.355. The zero-order chi connectivity index (χ0) is 12.0. The van der Waals surface area contributed by atoms with Crippen LogP contribution in [0.25, 0.3) is 0 Å². The molecule has 0 radical (unpaired) electrons. The number of rotatable bonds is 6. The van der Waals surface area contributed by atoms with Gasteiger partial charge in [0.25, 0.3) is 0 Å². The second-order valence-electron chi connectivity index (χ2n) is 3.75. The molecule has 15 heavy (non-hydrogen) atoms. The smallest absolute Gasteiger partial charge is 0.249 e. The molecule has 3 unspecified atom stereocenters. The standard InChI is InChI=1S/C9H19N3O3/c1-6(13)4-12(5-7(2)14)9(15)8(3)11-10/h6-8,10,13-14H,4-5H2,1-3H3. The van der Waals surface area contributed by atoms with Crippen LogP contribution in [0, 0.1) is 5.53 Å². The zero-order valence-electron chi connectivity index (χ0n) is 9.34. The van der Waals surface area contributed by atoms with E-state index < -0.39 is 18.2 Å². The van der Waals surface area contributed by atoms with Gasteiger partial charge in [0.2, 0.25) is 5.91 Å². The van der Waals surface area contributed by atoms with Crippen molar-refractivity contribution < 1.29 is 15.0 Å². The van der Waals surface area contributed by atoms with Crippen molar-refractivity contribution in [3.05, 3.63) is 0 Å². The molecule has 1 amide bonds. The summed E-state index contributed by atoms with van der Waals surface area (Å²) in [4.78, 5) is 13.0. The van der Waals surface area contributed by atoms with Crippen molar-refractivity contribution >= 4 is 5.91 Å². The Morgan fingerprint density at radius 2 is 1.67 bits per heavy atom. The van der Waals surface area contributed by atoms with Crippen LogP contribution in [0.4, 0.5) is 0 Å². The molecule has 0 aliphatic rings. The van der Waals surface area contributed by atoms with Crippen molar-refractivity contribution in [3.63, 3.8) is 0 Å². The number of nitrogens with zero attached hydrogens (tertiary/aromatic N) is 2. The van der Waals surface area contributed by atoms with E-state index in [9.17, 15) is 15.0 Å². The molecule has 3 atom stereocenters. The number of aliphatic hydroxyl groups is 2. The summed E-state index contributed by atoms with van der Waals surface area (Å²) >= 11 is 0. The van der Waals surface area contributed by atoms with Gasteiger partial charge in [-0.3, -0.25) is 4.79 Å². The Morgan fingerprint density at radius 3 is 1.93 bits per heavy atom. The summed E-state index contributed by atoms with van der Waals surface area (Å²) in [6.07, 6.45) is -1.32. The molecule has 0 spiro atoms. The van der Waals surface area contributed by atoms with Crippen LogP contribution in [0.2, 0.25) is 0 Å². The predicted molar refractivity (Wildman–Crippen MR) is 54.6 cm³/mol. The maximum atomic E-state index is 11.6. The number of hydrogen-bond donors (Lipinski definition) is 3. The van der Waals surface area contributed by atoms with Crippen LogP contribution in [-0.2, 0) is 4.79 Å². The molecule has 0 rings (SSSR count). The Morgan fingerprint density at radius 1 is 1.27 bits per heavy atom. The van der Waals surface area contributed by atoms with E-state index in [0.717, 1.165) is 0 Å². The molecular formula is C9H19N3O3. The molecule has 0 aliphatic heterocycles. The van der Waals surface area contributed by atoms with E-state index >= 15 is 0 Å². The second-order valence-corrected chi connectivity index (χ2v) is 3.75. The van der Waals surface area contributed by atoms with E-state index in [-0.39, 0.29) is 19.0 Å². The monoisotopic (exact) mass is 217 g/mol. The third kappa shape index (κ3) is 5.44. The minimum atomic E-state index is -0.762. The first-order chi connectivity index (χ1) is 6.88. The van der Waals surface area contributed by atoms with Crippen LogP contribution in [0.3, 0.4) is 0 Å².